The molecule has 0 aromatic heterocycles. The Kier molecular flexibility index (Phi) is 3.78. The van der Waals surface area contributed by atoms with Crippen LogP contribution in [0.1, 0.15) is 22.6 Å². The number of benzene rings is 5. The van der Waals surface area contributed by atoms with Crippen LogP contribution in [0.25, 0.3) is 21.5 Å². The Hall–Kier alpha value is -3.78. The highest BCUT2D eigenvalue weighted by Gasteiger charge is 2.32. The molecule has 0 aliphatic carbocycles. The highest BCUT2D eigenvalue weighted by molar-refractivity contribution is 5.97. The first kappa shape index (κ1) is 17.1. The lowest BCUT2D eigenvalue weighted by Gasteiger charge is -2.31. The van der Waals surface area contributed by atoms with Gasteiger partial charge in [0, 0.05) is 33.9 Å². The van der Waals surface area contributed by atoms with Gasteiger partial charge in [0.2, 0.25) is 0 Å². The fourth-order valence-corrected chi connectivity index (χ4v) is 4.75. The van der Waals surface area contributed by atoms with Gasteiger partial charge in [0.05, 0.1) is 7.11 Å². The van der Waals surface area contributed by atoms with Crippen LogP contribution in [0, 0.1) is 0 Å². The van der Waals surface area contributed by atoms with E-state index in [0.717, 1.165) is 28.0 Å². The number of fused-ring (bicyclic) bond motifs is 6. The normalized spacial score (nSPS) is 14.8. The van der Waals surface area contributed by atoms with Crippen molar-refractivity contribution in [2.75, 3.05) is 7.11 Å². The molecular formula is C28H20O2. The molecular weight excluding hydrogens is 368 g/mol. The molecule has 0 amide bonds. The van der Waals surface area contributed by atoms with Crippen molar-refractivity contribution in [2.45, 2.75) is 5.92 Å². The van der Waals surface area contributed by atoms with Crippen LogP contribution in [0.15, 0.2) is 97.1 Å². The minimum atomic E-state index is 0.0883. The topological polar surface area (TPSA) is 18.5 Å². The summed E-state index contributed by atoms with van der Waals surface area (Å²) < 4.78 is 12.3. The minimum Gasteiger partial charge on any atom is -0.496 e. The van der Waals surface area contributed by atoms with Crippen molar-refractivity contribution >= 4 is 21.5 Å². The monoisotopic (exact) mass is 388 g/mol. The van der Waals surface area contributed by atoms with Gasteiger partial charge >= 0.3 is 0 Å². The zero-order valence-corrected chi connectivity index (χ0v) is 16.6. The molecule has 5 aromatic carbocycles. The molecule has 1 aliphatic heterocycles. The van der Waals surface area contributed by atoms with Crippen LogP contribution in [-0.4, -0.2) is 7.11 Å². The summed E-state index contributed by atoms with van der Waals surface area (Å²) in [5, 5.41) is 4.58. The average molecular weight is 388 g/mol. The molecule has 2 heteroatoms. The first-order valence-corrected chi connectivity index (χ1v) is 10.2. The second-order valence-corrected chi connectivity index (χ2v) is 7.69. The summed E-state index contributed by atoms with van der Waals surface area (Å²) in [6.07, 6.45) is 0. The molecule has 0 spiro atoms. The molecule has 1 aliphatic rings. The molecule has 30 heavy (non-hydrogen) atoms. The molecule has 0 fully saturated rings. The van der Waals surface area contributed by atoms with Gasteiger partial charge in [-0.3, -0.25) is 0 Å². The van der Waals surface area contributed by atoms with Gasteiger partial charge in [-0.1, -0.05) is 91.0 Å². The summed E-state index contributed by atoms with van der Waals surface area (Å²) in [6, 6.07) is 34.0. The molecule has 0 radical (unpaired) electrons. The first-order valence-electron chi connectivity index (χ1n) is 10.2. The van der Waals surface area contributed by atoms with Crippen molar-refractivity contribution < 1.29 is 9.47 Å². The summed E-state index contributed by atoms with van der Waals surface area (Å²) in [6.45, 7) is 0. The predicted molar refractivity (Wildman–Crippen MR) is 122 cm³/mol. The number of hydrogen-bond donors (Lipinski definition) is 0. The molecule has 0 bridgehead atoms. The van der Waals surface area contributed by atoms with Crippen molar-refractivity contribution in [1.82, 2.24) is 0 Å². The van der Waals surface area contributed by atoms with Gasteiger partial charge in [0.25, 0.3) is 0 Å². The van der Waals surface area contributed by atoms with Gasteiger partial charge in [-0.25, -0.2) is 0 Å². The van der Waals surface area contributed by atoms with E-state index in [-0.39, 0.29) is 5.92 Å². The third-order valence-electron chi connectivity index (χ3n) is 6.08. The fourth-order valence-electron chi connectivity index (χ4n) is 4.75. The molecule has 1 unspecified atom stereocenters. The largest absolute Gasteiger partial charge is 0.496 e. The molecule has 0 saturated carbocycles. The number of methoxy groups -OCH3 is 1. The van der Waals surface area contributed by atoms with Crippen LogP contribution in [0.2, 0.25) is 0 Å². The quantitative estimate of drug-likeness (QED) is 0.310. The Balaban J connectivity index is 1.74. The maximum atomic E-state index is 6.61. The Morgan fingerprint density at radius 2 is 1.40 bits per heavy atom. The smallest absolute Gasteiger partial charge is 0.139 e. The van der Waals surface area contributed by atoms with E-state index in [2.05, 4.69) is 91.0 Å². The Labute approximate surface area is 175 Å². The van der Waals surface area contributed by atoms with Gasteiger partial charge in [0.15, 0.2) is 0 Å². The summed E-state index contributed by atoms with van der Waals surface area (Å²) in [7, 11) is 1.72. The van der Waals surface area contributed by atoms with Gasteiger partial charge in [-0.2, -0.15) is 0 Å². The van der Waals surface area contributed by atoms with Crippen LogP contribution in [-0.2, 0) is 0 Å². The van der Waals surface area contributed by atoms with Gasteiger partial charge in [0.1, 0.15) is 17.2 Å². The van der Waals surface area contributed by atoms with E-state index in [1.54, 1.807) is 7.11 Å². The van der Waals surface area contributed by atoms with Crippen LogP contribution in [0.4, 0.5) is 0 Å². The zero-order chi connectivity index (χ0) is 20.1. The molecule has 1 heterocycles. The van der Waals surface area contributed by atoms with E-state index >= 15 is 0 Å². The van der Waals surface area contributed by atoms with Gasteiger partial charge < -0.3 is 9.47 Å². The second-order valence-electron chi connectivity index (χ2n) is 7.69. The number of ether oxygens (including phenoxy) is 2. The maximum Gasteiger partial charge on any atom is 0.139 e. The summed E-state index contributed by atoms with van der Waals surface area (Å²) in [5.74, 6) is 2.72. The van der Waals surface area contributed by atoms with E-state index in [4.69, 9.17) is 9.47 Å². The fraction of sp³-hybridized carbons (Fsp3) is 0.0714. The van der Waals surface area contributed by atoms with E-state index < -0.39 is 0 Å². The third-order valence-corrected chi connectivity index (χ3v) is 6.08. The lowest BCUT2D eigenvalue weighted by atomic mass is 9.79. The SMILES string of the molecule is COc1cc2c(c3ccccc13)C(c1ccccc1)c1ccc3ccccc3c1O2. The highest BCUT2D eigenvalue weighted by Crippen LogP contribution is 2.53. The second kappa shape index (κ2) is 6.64. The average Bonchev–Trinajstić information content (AvgIpc) is 2.82. The zero-order valence-electron chi connectivity index (χ0n) is 16.6. The summed E-state index contributed by atoms with van der Waals surface area (Å²) in [5.41, 5.74) is 3.65. The van der Waals surface area contributed by atoms with Crippen molar-refractivity contribution in [3.8, 4) is 17.2 Å². The molecule has 5 aromatic rings. The first-order chi connectivity index (χ1) is 14.8. The van der Waals surface area contributed by atoms with Crippen molar-refractivity contribution in [3.63, 3.8) is 0 Å². The number of hydrogen-bond acceptors (Lipinski definition) is 2. The Bertz CT molecular complexity index is 1400. The van der Waals surface area contributed by atoms with Crippen LogP contribution >= 0.6 is 0 Å². The van der Waals surface area contributed by atoms with Crippen LogP contribution < -0.4 is 9.47 Å². The van der Waals surface area contributed by atoms with Crippen molar-refractivity contribution in [2.24, 2.45) is 0 Å². The Morgan fingerprint density at radius 1 is 0.700 bits per heavy atom. The predicted octanol–water partition coefficient (Wildman–Crippen LogP) is 7.29. The van der Waals surface area contributed by atoms with E-state index in [9.17, 15) is 0 Å². The molecule has 2 nitrogen and oxygen atoms in total. The lowest BCUT2D eigenvalue weighted by molar-refractivity contribution is 0.411. The minimum absolute atomic E-state index is 0.0883. The van der Waals surface area contributed by atoms with Crippen LogP contribution in [0.3, 0.4) is 0 Å². The number of rotatable bonds is 2. The standard InChI is InChI=1S/C28H20O2/c1-29-24-17-25-27(22-14-8-7-13-21(22)24)26(19-10-3-2-4-11-19)23-16-15-18-9-5-6-12-20(18)28(23)30-25/h2-17,26H,1H3. The summed E-state index contributed by atoms with van der Waals surface area (Å²) in [4.78, 5) is 0. The molecule has 6 rings (SSSR count). The maximum absolute atomic E-state index is 6.61. The van der Waals surface area contributed by atoms with E-state index in [1.807, 2.05) is 6.07 Å². The Morgan fingerprint density at radius 3 is 2.20 bits per heavy atom. The molecule has 144 valence electrons. The molecule has 0 N–H and O–H groups in total. The third kappa shape index (κ3) is 2.44. The van der Waals surface area contributed by atoms with Crippen molar-refractivity contribution in [3.05, 3.63) is 114 Å². The van der Waals surface area contributed by atoms with Crippen molar-refractivity contribution in [1.29, 1.82) is 0 Å². The van der Waals surface area contributed by atoms with Crippen LogP contribution in [0.5, 0.6) is 17.2 Å². The van der Waals surface area contributed by atoms with Gasteiger partial charge in [-0.15, -0.1) is 0 Å². The molecule has 1 atom stereocenters. The highest BCUT2D eigenvalue weighted by atomic mass is 16.5. The summed E-state index contributed by atoms with van der Waals surface area (Å²) >= 11 is 0. The van der Waals surface area contributed by atoms with Gasteiger partial charge in [-0.05, 0) is 16.3 Å². The lowest BCUT2D eigenvalue weighted by Crippen LogP contribution is -2.13. The van der Waals surface area contributed by atoms with E-state index in [1.165, 1.54) is 27.5 Å². The molecule has 0 saturated heterocycles. The van der Waals surface area contributed by atoms with E-state index in [0.29, 0.717) is 0 Å².